The Bertz CT molecular complexity index is 1560. The van der Waals surface area contributed by atoms with Gasteiger partial charge in [-0.25, -0.2) is 0 Å². The Balaban J connectivity index is 1.65. The maximum Gasteiger partial charge on any atom is 0.292 e. The number of aryl methyl sites for hydroxylation is 1. The normalized spacial score (nSPS) is 18.5. The Labute approximate surface area is 255 Å². The van der Waals surface area contributed by atoms with Gasteiger partial charge in [0.25, 0.3) is 5.91 Å². The molecule has 8 nitrogen and oxygen atoms in total. The molecule has 1 amide bonds. The average molecular weight is 604 g/mol. The summed E-state index contributed by atoms with van der Waals surface area (Å²) in [6.07, 6.45) is -0.244. The summed E-state index contributed by atoms with van der Waals surface area (Å²) < 4.78 is 10.5. The number of carbonyl (C=O) groups excluding carboxylic acids is 5. The third-order valence-corrected chi connectivity index (χ3v) is 8.27. The van der Waals surface area contributed by atoms with Crippen molar-refractivity contribution in [2.45, 2.75) is 39.5 Å². The van der Waals surface area contributed by atoms with E-state index in [1.165, 1.54) is 14.2 Å². The van der Waals surface area contributed by atoms with Crippen molar-refractivity contribution in [1.82, 2.24) is 0 Å². The number of benzene rings is 3. The van der Waals surface area contributed by atoms with Crippen LogP contribution in [0.2, 0.25) is 5.02 Å². The molecule has 3 aromatic rings. The fourth-order valence-electron chi connectivity index (χ4n) is 5.66. The summed E-state index contributed by atoms with van der Waals surface area (Å²) in [5.41, 5.74) is 0.911. The second kappa shape index (κ2) is 12.9. The van der Waals surface area contributed by atoms with Crippen LogP contribution in [0.3, 0.4) is 0 Å². The SMILES string of the molecule is COc1ccc(C(=O)[C@H](C[C@H]2C(=O)CC(C)(C)[C@H](C(=O)C(=O)Nc3ccc(Cl)cc3C)C2=O)c2ccc(OC)cc2)cc1. The van der Waals surface area contributed by atoms with E-state index in [1.54, 1.807) is 87.5 Å². The minimum Gasteiger partial charge on any atom is -0.497 e. The number of amides is 1. The van der Waals surface area contributed by atoms with Crippen LogP contribution >= 0.6 is 11.6 Å². The standard InChI is InChI=1S/C34H34ClNO7/c1-19-16-22(35)10-15-27(19)36-33(41)32(40)29-31(39)26(28(37)18-34(29,2)3)17-25(20-6-11-23(42-4)12-7-20)30(38)21-8-13-24(43-5)14-9-21/h6-16,25-26,29H,17-18H2,1-5H3,(H,36,41)/t25-,26+,29+/m1/s1. The first-order chi connectivity index (χ1) is 20.4. The van der Waals surface area contributed by atoms with Crippen molar-refractivity contribution < 1.29 is 33.4 Å². The topological polar surface area (TPSA) is 116 Å². The minimum absolute atomic E-state index is 0.0981. The molecule has 4 rings (SSSR count). The number of anilines is 1. The van der Waals surface area contributed by atoms with Gasteiger partial charge in [0.1, 0.15) is 17.3 Å². The van der Waals surface area contributed by atoms with Crippen LogP contribution in [0.5, 0.6) is 11.5 Å². The molecule has 1 aliphatic carbocycles. The second-order valence-electron chi connectivity index (χ2n) is 11.5. The van der Waals surface area contributed by atoms with Crippen molar-refractivity contribution in [3.8, 4) is 11.5 Å². The Morgan fingerprint density at radius 2 is 1.51 bits per heavy atom. The lowest BCUT2D eigenvalue weighted by Gasteiger charge is -2.39. The first kappa shape index (κ1) is 31.6. The predicted molar refractivity (Wildman–Crippen MR) is 163 cm³/mol. The first-order valence-electron chi connectivity index (χ1n) is 13.9. The number of ketones is 4. The summed E-state index contributed by atoms with van der Waals surface area (Å²) in [7, 11) is 3.05. The number of nitrogens with one attached hydrogen (secondary N) is 1. The molecular weight excluding hydrogens is 570 g/mol. The van der Waals surface area contributed by atoms with E-state index in [0.29, 0.717) is 38.9 Å². The molecule has 224 valence electrons. The van der Waals surface area contributed by atoms with E-state index in [2.05, 4.69) is 5.32 Å². The Kier molecular flexibility index (Phi) is 9.50. The quantitative estimate of drug-likeness (QED) is 0.171. The van der Waals surface area contributed by atoms with Crippen LogP contribution in [0.4, 0.5) is 5.69 Å². The van der Waals surface area contributed by atoms with Gasteiger partial charge in [-0.15, -0.1) is 0 Å². The van der Waals surface area contributed by atoms with Gasteiger partial charge >= 0.3 is 0 Å². The van der Waals surface area contributed by atoms with Crippen LogP contribution in [0.1, 0.15) is 54.1 Å². The highest BCUT2D eigenvalue weighted by atomic mass is 35.5. The molecule has 0 radical (unpaired) electrons. The average Bonchev–Trinajstić information content (AvgIpc) is 2.97. The van der Waals surface area contributed by atoms with E-state index in [1.807, 2.05) is 0 Å². The molecule has 1 saturated carbocycles. The number of ether oxygens (including phenoxy) is 2. The van der Waals surface area contributed by atoms with E-state index in [4.69, 9.17) is 21.1 Å². The van der Waals surface area contributed by atoms with Crippen LogP contribution in [-0.4, -0.2) is 43.3 Å². The highest BCUT2D eigenvalue weighted by molar-refractivity contribution is 6.45. The Morgan fingerprint density at radius 3 is 2.07 bits per heavy atom. The first-order valence-corrected chi connectivity index (χ1v) is 14.2. The molecule has 0 saturated heterocycles. The minimum atomic E-state index is -1.37. The number of Topliss-reactive ketones (excluding diaryl/α,β-unsaturated/α-hetero) is 4. The largest absolute Gasteiger partial charge is 0.497 e. The molecule has 0 aromatic heterocycles. The van der Waals surface area contributed by atoms with E-state index in [9.17, 15) is 24.0 Å². The monoisotopic (exact) mass is 603 g/mol. The van der Waals surface area contributed by atoms with Crippen molar-refractivity contribution >= 4 is 46.3 Å². The zero-order valence-corrected chi connectivity index (χ0v) is 25.5. The van der Waals surface area contributed by atoms with Gasteiger partial charge in [-0.2, -0.15) is 0 Å². The third-order valence-electron chi connectivity index (χ3n) is 8.03. The smallest absolute Gasteiger partial charge is 0.292 e. The maximum atomic E-state index is 14.0. The lowest BCUT2D eigenvalue weighted by atomic mass is 9.60. The van der Waals surface area contributed by atoms with Crippen molar-refractivity contribution in [3.63, 3.8) is 0 Å². The van der Waals surface area contributed by atoms with Gasteiger partial charge in [-0.3, -0.25) is 24.0 Å². The second-order valence-corrected chi connectivity index (χ2v) is 11.9. The third kappa shape index (κ3) is 6.86. The van der Waals surface area contributed by atoms with Gasteiger partial charge in [0, 0.05) is 28.6 Å². The van der Waals surface area contributed by atoms with Crippen molar-refractivity contribution in [2.75, 3.05) is 19.5 Å². The van der Waals surface area contributed by atoms with Gasteiger partial charge < -0.3 is 14.8 Å². The number of carbonyl (C=O) groups is 5. The Morgan fingerprint density at radius 1 is 0.930 bits per heavy atom. The van der Waals surface area contributed by atoms with E-state index in [0.717, 1.165) is 0 Å². The summed E-state index contributed by atoms with van der Waals surface area (Å²) in [6, 6.07) is 18.2. The summed E-state index contributed by atoms with van der Waals surface area (Å²) in [6.45, 7) is 4.99. The molecule has 1 aliphatic rings. The predicted octanol–water partition coefficient (Wildman–Crippen LogP) is 6.03. The summed E-state index contributed by atoms with van der Waals surface area (Å²) >= 11 is 6.01. The van der Waals surface area contributed by atoms with Gasteiger partial charge in [0.2, 0.25) is 5.78 Å². The van der Waals surface area contributed by atoms with Crippen LogP contribution in [-0.2, 0) is 19.2 Å². The van der Waals surface area contributed by atoms with E-state index < -0.39 is 40.6 Å². The fourth-order valence-corrected chi connectivity index (χ4v) is 5.88. The van der Waals surface area contributed by atoms with E-state index >= 15 is 0 Å². The molecular formula is C34H34ClNO7. The van der Waals surface area contributed by atoms with Crippen molar-refractivity contribution in [1.29, 1.82) is 0 Å². The van der Waals surface area contributed by atoms with E-state index in [-0.39, 0.29) is 24.4 Å². The fraction of sp³-hybridized carbons (Fsp3) is 0.324. The zero-order valence-electron chi connectivity index (χ0n) is 24.7. The maximum absolute atomic E-state index is 14.0. The molecule has 0 unspecified atom stereocenters. The molecule has 0 bridgehead atoms. The van der Waals surface area contributed by atoms with Crippen LogP contribution in [0.25, 0.3) is 0 Å². The van der Waals surface area contributed by atoms with Gasteiger partial charge in [0.05, 0.1) is 26.1 Å². The van der Waals surface area contributed by atoms with Crippen LogP contribution in [0, 0.1) is 24.2 Å². The van der Waals surface area contributed by atoms with Gasteiger partial charge in [0.15, 0.2) is 11.6 Å². The molecule has 0 aliphatic heterocycles. The Hall–Kier alpha value is -4.30. The number of hydrogen-bond donors (Lipinski definition) is 1. The zero-order chi connectivity index (χ0) is 31.5. The highest BCUT2D eigenvalue weighted by Gasteiger charge is 2.53. The van der Waals surface area contributed by atoms with Crippen molar-refractivity contribution in [3.05, 3.63) is 88.4 Å². The van der Waals surface area contributed by atoms with Crippen LogP contribution in [0.15, 0.2) is 66.7 Å². The molecule has 1 fully saturated rings. The molecule has 3 aromatic carbocycles. The number of halogens is 1. The number of rotatable bonds is 10. The van der Waals surface area contributed by atoms with Crippen LogP contribution < -0.4 is 14.8 Å². The molecule has 0 heterocycles. The number of hydrogen-bond acceptors (Lipinski definition) is 7. The van der Waals surface area contributed by atoms with Crippen molar-refractivity contribution in [2.24, 2.45) is 17.3 Å². The lowest BCUT2D eigenvalue weighted by molar-refractivity contribution is -0.153. The number of methoxy groups -OCH3 is 2. The summed E-state index contributed by atoms with van der Waals surface area (Å²) in [5.74, 6) is -5.53. The van der Waals surface area contributed by atoms with Gasteiger partial charge in [-0.05, 0) is 84.5 Å². The summed E-state index contributed by atoms with van der Waals surface area (Å²) in [5, 5.41) is 3.06. The molecule has 3 atom stereocenters. The molecule has 9 heteroatoms. The molecule has 0 spiro atoms. The highest BCUT2D eigenvalue weighted by Crippen LogP contribution is 2.43. The molecule has 1 N–H and O–H groups in total. The summed E-state index contributed by atoms with van der Waals surface area (Å²) in [4.78, 5) is 67.9. The molecule has 43 heavy (non-hydrogen) atoms. The lowest BCUT2D eigenvalue weighted by Crippen LogP contribution is -2.52. The van der Waals surface area contributed by atoms with Gasteiger partial charge in [-0.1, -0.05) is 37.6 Å².